The van der Waals surface area contributed by atoms with Crippen LogP contribution in [0.5, 0.6) is 0 Å². The van der Waals surface area contributed by atoms with Gasteiger partial charge < -0.3 is 10.6 Å². The molecule has 2 aliphatic rings. The lowest BCUT2D eigenvalue weighted by atomic mass is 9.88. The lowest BCUT2D eigenvalue weighted by Crippen LogP contribution is -2.53. The van der Waals surface area contributed by atoms with E-state index in [2.05, 4.69) is 17.6 Å². The van der Waals surface area contributed by atoms with Gasteiger partial charge in [-0.2, -0.15) is 0 Å². The first kappa shape index (κ1) is 15.3. The molecule has 0 radical (unpaired) electrons. The Labute approximate surface area is 121 Å². The summed E-state index contributed by atoms with van der Waals surface area (Å²) in [5, 5.41) is 6.16. The molecule has 2 saturated heterocycles. The van der Waals surface area contributed by atoms with E-state index in [4.69, 9.17) is 0 Å². The van der Waals surface area contributed by atoms with Gasteiger partial charge in [-0.25, -0.2) is 4.79 Å². The highest BCUT2D eigenvalue weighted by atomic mass is 16.2. The largest absolute Gasteiger partial charge is 0.325 e. The highest BCUT2D eigenvalue weighted by molar-refractivity contribution is 6.07. The molecule has 20 heavy (non-hydrogen) atoms. The summed E-state index contributed by atoms with van der Waals surface area (Å²) in [6, 6.07) is -0.189. The number of hydrogen-bond donors (Lipinski definition) is 2. The van der Waals surface area contributed by atoms with Crippen LogP contribution in [0.4, 0.5) is 4.79 Å². The average Bonchev–Trinajstić information content (AvgIpc) is 2.67. The number of urea groups is 1. The first-order chi connectivity index (χ1) is 9.69. The van der Waals surface area contributed by atoms with Crippen molar-refractivity contribution < 1.29 is 9.59 Å². The van der Waals surface area contributed by atoms with Crippen LogP contribution in [0, 0.1) is 0 Å². The van der Waals surface area contributed by atoms with Gasteiger partial charge in [-0.1, -0.05) is 39.0 Å². The maximum atomic E-state index is 12.5. The molecule has 0 bridgehead atoms. The number of nitrogens with one attached hydrogen (secondary N) is 2. The third-order valence-electron chi connectivity index (χ3n) is 4.44. The number of imide groups is 1. The van der Waals surface area contributed by atoms with Gasteiger partial charge in [0.2, 0.25) is 0 Å². The molecule has 2 aliphatic heterocycles. The molecule has 0 aliphatic carbocycles. The summed E-state index contributed by atoms with van der Waals surface area (Å²) in [5.74, 6) is -0.00226. The predicted octanol–water partition coefficient (Wildman–Crippen LogP) is 2.02. The molecule has 5 heteroatoms. The molecule has 0 saturated carbocycles. The summed E-state index contributed by atoms with van der Waals surface area (Å²) in [7, 11) is 0. The number of carbonyl (C=O) groups is 2. The Bertz CT molecular complexity index is 351. The SMILES string of the molecule is CCCCCCCCN1C(=O)NC2(CCNCC2)C1=O. The smallest absolute Gasteiger partial charge is 0.323 e. The van der Waals surface area contributed by atoms with Crippen LogP contribution >= 0.6 is 0 Å². The van der Waals surface area contributed by atoms with Crippen LogP contribution in [-0.2, 0) is 4.79 Å². The van der Waals surface area contributed by atoms with Gasteiger partial charge in [-0.3, -0.25) is 9.69 Å². The van der Waals surface area contributed by atoms with Crippen LogP contribution in [0.15, 0.2) is 0 Å². The monoisotopic (exact) mass is 281 g/mol. The van der Waals surface area contributed by atoms with Crippen molar-refractivity contribution in [2.75, 3.05) is 19.6 Å². The fourth-order valence-corrected chi connectivity index (χ4v) is 3.12. The Kier molecular flexibility index (Phi) is 5.40. The maximum absolute atomic E-state index is 12.5. The van der Waals surface area contributed by atoms with E-state index < -0.39 is 5.54 Å². The van der Waals surface area contributed by atoms with Gasteiger partial charge in [-0.15, -0.1) is 0 Å². The number of unbranched alkanes of at least 4 members (excludes halogenated alkanes) is 5. The third-order valence-corrected chi connectivity index (χ3v) is 4.44. The zero-order valence-electron chi connectivity index (χ0n) is 12.5. The van der Waals surface area contributed by atoms with E-state index in [1.54, 1.807) is 0 Å². The Hall–Kier alpha value is -1.10. The molecule has 0 aromatic carbocycles. The van der Waals surface area contributed by atoms with Crippen molar-refractivity contribution in [3.8, 4) is 0 Å². The van der Waals surface area contributed by atoms with Gasteiger partial charge in [-0.05, 0) is 32.4 Å². The first-order valence-corrected chi connectivity index (χ1v) is 8.04. The molecule has 0 aromatic rings. The standard InChI is InChI=1S/C15H27N3O2/c1-2-3-4-5-6-7-12-18-13(19)15(17-14(18)20)8-10-16-11-9-15/h16H,2-12H2,1H3,(H,17,20). The van der Waals surface area contributed by atoms with Gasteiger partial charge in [0.25, 0.3) is 5.91 Å². The Morgan fingerprint density at radius 2 is 1.70 bits per heavy atom. The number of nitrogens with zero attached hydrogens (tertiary/aromatic N) is 1. The Balaban J connectivity index is 1.77. The highest BCUT2D eigenvalue weighted by Gasteiger charge is 2.50. The van der Waals surface area contributed by atoms with Crippen molar-refractivity contribution in [1.29, 1.82) is 0 Å². The van der Waals surface area contributed by atoms with Crippen molar-refractivity contribution in [2.45, 2.75) is 63.8 Å². The fraction of sp³-hybridized carbons (Fsp3) is 0.867. The summed E-state index contributed by atoms with van der Waals surface area (Å²) in [6.45, 7) is 4.38. The van der Waals surface area contributed by atoms with E-state index in [1.807, 2.05) is 0 Å². The van der Waals surface area contributed by atoms with E-state index in [0.29, 0.717) is 19.4 Å². The predicted molar refractivity (Wildman–Crippen MR) is 78.5 cm³/mol. The Morgan fingerprint density at radius 1 is 1.05 bits per heavy atom. The van der Waals surface area contributed by atoms with Crippen molar-refractivity contribution >= 4 is 11.9 Å². The quantitative estimate of drug-likeness (QED) is 0.554. The molecule has 2 rings (SSSR count). The van der Waals surface area contributed by atoms with E-state index >= 15 is 0 Å². The van der Waals surface area contributed by atoms with E-state index in [9.17, 15) is 9.59 Å². The molecule has 5 nitrogen and oxygen atoms in total. The lowest BCUT2D eigenvalue weighted by molar-refractivity contribution is -0.132. The molecule has 0 unspecified atom stereocenters. The molecular weight excluding hydrogens is 254 g/mol. The topological polar surface area (TPSA) is 61.4 Å². The summed E-state index contributed by atoms with van der Waals surface area (Å²) in [6.07, 6.45) is 8.43. The van der Waals surface area contributed by atoms with Crippen LogP contribution in [0.3, 0.4) is 0 Å². The van der Waals surface area contributed by atoms with Gasteiger partial charge in [0.05, 0.1) is 0 Å². The molecule has 3 amide bonds. The van der Waals surface area contributed by atoms with E-state index in [0.717, 1.165) is 25.9 Å². The number of hydrogen-bond acceptors (Lipinski definition) is 3. The molecule has 1 spiro atoms. The van der Waals surface area contributed by atoms with Gasteiger partial charge in [0.1, 0.15) is 5.54 Å². The number of rotatable bonds is 7. The first-order valence-electron chi connectivity index (χ1n) is 8.04. The van der Waals surface area contributed by atoms with Gasteiger partial charge >= 0.3 is 6.03 Å². The number of carbonyl (C=O) groups excluding carboxylic acids is 2. The molecular formula is C15H27N3O2. The number of amides is 3. The van der Waals surface area contributed by atoms with E-state index in [1.165, 1.54) is 30.6 Å². The van der Waals surface area contributed by atoms with Gasteiger partial charge in [0, 0.05) is 6.54 Å². The highest BCUT2D eigenvalue weighted by Crippen LogP contribution is 2.27. The van der Waals surface area contributed by atoms with E-state index in [-0.39, 0.29) is 11.9 Å². The minimum Gasteiger partial charge on any atom is -0.323 e. The summed E-state index contributed by atoms with van der Waals surface area (Å²) >= 11 is 0. The van der Waals surface area contributed by atoms with Crippen LogP contribution in [0.1, 0.15) is 58.3 Å². The molecule has 2 N–H and O–H groups in total. The van der Waals surface area contributed by atoms with Crippen molar-refractivity contribution in [2.24, 2.45) is 0 Å². The lowest BCUT2D eigenvalue weighted by Gasteiger charge is -2.31. The maximum Gasteiger partial charge on any atom is 0.325 e. The van der Waals surface area contributed by atoms with Crippen LogP contribution in [-0.4, -0.2) is 42.0 Å². The minimum absolute atomic E-state index is 0.00226. The molecule has 0 aromatic heterocycles. The zero-order chi connectivity index (χ0) is 14.4. The molecule has 114 valence electrons. The zero-order valence-corrected chi connectivity index (χ0v) is 12.5. The summed E-state index contributed by atoms with van der Waals surface area (Å²) < 4.78 is 0. The molecule has 2 heterocycles. The van der Waals surface area contributed by atoms with Crippen molar-refractivity contribution in [3.05, 3.63) is 0 Å². The normalized spacial score (nSPS) is 21.6. The van der Waals surface area contributed by atoms with Crippen molar-refractivity contribution in [1.82, 2.24) is 15.5 Å². The van der Waals surface area contributed by atoms with Crippen molar-refractivity contribution in [3.63, 3.8) is 0 Å². The van der Waals surface area contributed by atoms with Gasteiger partial charge in [0.15, 0.2) is 0 Å². The second-order valence-electron chi connectivity index (χ2n) is 5.99. The fourth-order valence-electron chi connectivity index (χ4n) is 3.12. The second-order valence-corrected chi connectivity index (χ2v) is 5.99. The average molecular weight is 281 g/mol. The number of piperidine rings is 1. The van der Waals surface area contributed by atoms with Crippen LogP contribution in [0.2, 0.25) is 0 Å². The van der Waals surface area contributed by atoms with Crippen LogP contribution in [0.25, 0.3) is 0 Å². The molecule has 0 atom stereocenters. The Morgan fingerprint density at radius 3 is 2.40 bits per heavy atom. The second kappa shape index (κ2) is 7.07. The third kappa shape index (κ3) is 3.32. The minimum atomic E-state index is -0.607. The molecule has 2 fully saturated rings. The summed E-state index contributed by atoms with van der Waals surface area (Å²) in [5.41, 5.74) is -0.607. The summed E-state index contributed by atoms with van der Waals surface area (Å²) in [4.78, 5) is 25.9. The van der Waals surface area contributed by atoms with Crippen LogP contribution < -0.4 is 10.6 Å².